The number of hydrogen-bond donors (Lipinski definition) is 1. The third-order valence-electron chi connectivity index (χ3n) is 3.33. The molecule has 0 saturated carbocycles. The number of aromatic nitrogens is 2. The van der Waals surface area contributed by atoms with E-state index in [0.717, 1.165) is 12.1 Å². The number of aromatic amines is 1. The first-order valence-electron chi connectivity index (χ1n) is 6.69. The highest BCUT2D eigenvalue weighted by Gasteiger charge is 2.30. The first-order valence-corrected chi connectivity index (χ1v) is 6.69. The summed E-state index contributed by atoms with van der Waals surface area (Å²) in [6, 6.07) is 6.91. The number of fused-ring (bicyclic) bond motifs is 1. The summed E-state index contributed by atoms with van der Waals surface area (Å²) >= 11 is 0. The average Bonchev–Trinajstić information content (AvgIpc) is 2.95. The Morgan fingerprint density at radius 2 is 2.04 bits per heavy atom. The van der Waals surface area contributed by atoms with Crippen molar-refractivity contribution in [3.05, 3.63) is 48.3 Å². The van der Waals surface area contributed by atoms with Gasteiger partial charge in [0.1, 0.15) is 12.4 Å². The van der Waals surface area contributed by atoms with Crippen molar-refractivity contribution in [1.82, 2.24) is 9.97 Å². The summed E-state index contributed by atoms with van der Waals surface area (Å²) in [5.74, 6) is 2.83. The molecule has 6 heteroatoms. The van der Waals surface area contributed by atoms with Crippen molar-refractivity contribution in [3.63, 3.8) is 0 Å². The van der Waals surface area contributed by atoms with Gasteiger partial charge in [0.25, 0.3) is 0 Å². The van der Waals surface area contributed by atoms with Gasteiger partial charge in [-0.15, -0.1) is 6.42 Å². The first-order chi connectivity index (χ1) is 11.0. The maximum absolute atomic E-state index is 12.8. The van der Waals surface area contributed by atoms with Crippen LogP contribution >= 0.6 is 0 Å². The van der Waals surface area contributed by atoms with E-state index in [4.69, 9.17) is 11.2 Å². The molecule has 3 rings (SSSR count). The zero-order valence-corrected chi connectivity index (χ0v) is 11.8. The molecule has 23 heavy (non-hydrogen) atoms. The third kappa shape index (κ3) is 2.99. The number of ether oxygens (including phenoxy) is 1. The van der Waals surface area contributed by atoms with Crippen LogP contribution in [0.4, 0.5) is 13.2 Å². The molecule has 3 nitrogen and oxygen atoms in total. The van der Waals surface area contributed by atoms with Crippen LogP contribution in [0, 0.1) is 12.3 Å². The van der Waals surface area contributed by atoms with Gasteiger partial charge >= 0.3 is 6.18 Å². The van der Waals surface area contributed by atoms with Crippen LogP contribution in [0.1, 0.15) is 5.56 Å². The van der Waals surface area contributed by atoms with Crippen molar-refractivity contribution in [2.75, 3.05) is 6.61 Å². The summed E-state index contributed by atoms with van der Waals surface area (Å²) < 4.78 is 43.8. The Labute approximate surface area is 130 Å². The van der Waals surface area contributed by atoms with E-state index in [1.807, 2.05) is 0 Å². The maximum atomic E-state index is 12.8. The fraction of sp³-hybridized carbons (Fsp3) is 0.118. The van der Waals surface area contributed by atoms with Gasteiger partial charge in [0.05, 0.1) is 17.5 Å². The fourth-order valence-electron chi connectivity index (χ4n) is 2.29. The Kier molecular flexibility index (Phi) is 3.70. The lowest BCUT2D eigenvalue weighted by atomic mass is 10.1. The molecule has 116 valence electrons. The lowest BCUT2D eigenvalue weighted by Crippen LogP contribution is -2.03. The van der Waals surface area contributed by atoms with Crippen molar-refractivity contribution < 1.29 is 17.9 Å². The van der Waals surface area contributed by atoms with E-state index in [1.54, 1.807) is 18.3 Å². The molecular weight excluding hydrogens is 305 g/mol. The van der Waals surface area contributed by atoms with Gasteiger partial charge in [0.2, 0.25) is 0 Å². The molecular formula is C17H11F3N2O. The van der Waals surface area contributed by atoms with E-state index in [9.17, 15) is 13.2 Å². The summed E-state index contributed by atoms with van der Waals surface area (Å²) in [5, 5.41) is 0.467. The molecule has 0 spiro atoms. The zero-order valence-electron chi connectivity index (χ0n) is 11.8. The number of nitrogens with one attached hydrogen (secondary N) is 1. The molecule has 0 unspecified atom stereocenters. The van der Waals surface area contributed by atoms with Gasteiger partial charge in [-0.05, 0) is 30.3 Å². The Hall–Kier alpha value is -2.94. The predicted molar refractivity (Wildman–Crippen MR) is 80.9 cm³/mol. The van der Waals surface area contributed by atoms with Crippen LogP contribution in [0.15, 0.2) is 42.7 Å². The zero-order chi connectivity index (χ0) is 16.4. The lowest BCUT2D eigenvalue weighted by molar-refractivity contribution is -0.137. The largest absolute Gasteiger partial charge is 0.479 e. The van der Waals surface area contributed by atoms with E-state index >= 15 is 0 Å². The first kappa shape index (κ1) is 15.0. The molecule has 3 aromatic rings. The van der Waals surface area contributed by atoms with Gasteiger partial charge in [0.15, 0.2) is 0 Å². The third-order valence-corrected chi connectivity index (χ3v) is 3.33. The molecule has 2 heterocycles. The molecule has 1 N–H and O–H groups in total. The van der Waals surface area contributed by atoms with Crippen molar-refractivity contribution in [2.24, 2.45) is 0 Å². The molecule has 0 aliphatic heterocycles. The highest BCUT2D eigenvalue weighted by Crippen LogP contribution is 2.34. The van der Waals surface area contributed by atoms with Crippen LogP contribution in [-0.4, -0.2) is 16.6 Å². The monoisotopic (exact) mass is 316 g/mol. The van der Waals surface area contributed by atoms with E-state index in [0.29, 0.717) is 27.9 Å². The molecule has 0 aliphatic rings. The molecule has 0 bridgehead atoms. The van der Waals surface area contributed by atoms with Crippen LogP contribution in [0.3, 0.4) is 0 Å². The predicted octanol–water partition coefficient (Wildman–Crippen LogP) is 4.26. The minimum Gasteiger partial charge on any atom is -0.479 e. The highest BCUT2D eigenvalue weighted by molar-refractivity contribution is 5.87. The Balaban J connectivity index is 2.06. The molecule has 2 aromatic heterocycles. The summed E-state index contributed by atoms with van der Waals surface area (Å²) in [6.07, 6.45) is 3.89. The fourth-order valence-corrected chi connectivity index (χ4v) is 2.29. The number of rotatable bonds is 3. The molecule has 0 aliphatic carbocycles. The number of H-pyrrole nitrogens is 1. The van der Waals surface area contributed by atoms with Crippen LogP contribution < -0.4 is 4.74 Å². The second kappa shape index (κ2) is 5.69. The van der Waals surface area contributed by atoms with Gasteiger partial charge in [-0.25, -0.2) is 0 Å². The van der Waals surface area contributed by atoms with E-state index in [2.05, 4.69) is 15.9 Å². The van der Waals surface area contributed by atoms with Gasteiger partial charge in [-0.1, -0.05) is 5.92 Å². The van der Waals surface area contributed by atoms with Crippen LogP contribution in [0.2, 0.25) is 0 Å². The normalized spacial score (nSPS) is 11.4. The summed E-state index contributed by atoms with van der Waals surface area (Å²) in [4.78, 5) is 7.05. The highest BCUT2D eigenvalue weighted by atomic mass is 19.4. The molecule has 0 radical (unpaired) electrons. The quantitative estimate of drug-likeness (QED) is 0.733. The van der Waals surface area contributed by atoms with E-state index in [-0.39, 0.29) is 6.61 Å². The summed E-state index contributed by atoms with van der Waals surface area (Å²) in [5.41, 5.74) is 1.23. The minimum absolute atomic E-state index is 0.0805. The molecule has 1 aromatic carbocycles. The SMILES string of the molecule is C#CCOc1cnccc1-c1cc2cc(C(F)(F)F)ccc2[nH]1. The molecule has 0 atom stereocenters. The maximum Gasteiger partial charge on any atom is 0.416 e. The van der Waals surface area contributed by atoms with Crippen molar-refractivity contribution in [2.45, 2.75) is 6.18 Å². The molecule has 0 amide bonds. The second-order valence-corrected chi connectivity index (χ2v) is 4.85. The van der Waals surface area contributed by atoms with Gasteiger partial charge in [0, 0.05) is 22.7 Å². The number of halogens is 3. The van der Waals surface area contributed by atoms with Crippen molar-refractivity contribution >= 4 is 10.9 Å². The van der Waals surface area contributed by atoms with Crippen molar-refractivity contribution in [1.29, 1.82) is 0 Å². The number of terminal acetylenes is 1. The van der Waals surface area contributed by atoms with Crippen molar-refractivity contribution in [3.8, 4) is 29.4 Å². The smallest absolute Gasteiger partial charge is 0.416 e. The number of benzene rings is 1. The average molecular weight is 316 g/mol. The van der Waals surface area contributed by atoms with Gasteiger partial charge < -0.3 is 9.72 Å². The minimum atomic E-state index is -4.37. The van der Waals surface area contributed by atoms with Gasteiger partial charge in [-0.3, -0.25) is 4.98 Å². The molecule has 0 saturated heterocycles. The Morgan fingerprint density at radius 1 is 1.22 bits per heavy atom. The van der Waals surface area contributed by atoms with Crippen LogP contribution in [0.5, 0.6) is 5.75 Å². The van der Waals surface area contributed by atoms with Crippen LogP contribution in [-0.2, 0) is 6.18 Å². The Morgan fingerprint density at radius 3 is 2.78 bits per heavy atom. The molecule has 0 fully saturated rings. The summed E-state index contributed by atoms with van der Waals surface area (Å²) in [7, 11) is 0. The second-order valence-electron chi connectivity index (χ2n) is 4.85. The topological polar surface area (TPSA) is 37.9 Å². The van der Waals surface area contributed by atoms with E-state index in [1.165, 1.54) is 12.3 Å². The Bertz CT molecular complexity index is 891. The lowest BCUT2D eigenvalue weighted by Gasteiger charge is -2.07. The van der Waals surface area contributed by atoms with Crippen LogP contribution in [0.25, 0.3) is 22.2 Å². The number of nitrogens with zero attached hydrogens (tertiary/aromatic N) is 1. The standard InChI is InChI=1S/C17H11F3N2O/c1-2-7-23-16-10-21-6-5-13(16)15-9-11-8-12(17(18,19)20)3-4-14(11)22-15/h1,3-6,8-10,22H,7H2. The van der Waals surface area contributed by atoms with E-state index < -0.39 is 11.7 Å². The number of alkyl halides is 3. The summed E-state index contributed by atoms with van der Waals surface area (Å²) in [6.45, 7) is 0.0805. The van der Waals surface area contributed by atoms with Gasteiger partial charge in [-0.2, -0.15) is 13.2 Å². The number of pyridine rings is 1. The number of hydrogen-bond acceptors (Lipinski definition) is 2.